The van der Waals surface area contributed by atoms with Crippen LogP contribution >= 0.6 is 0 Å². The van der Waals surface area contributed by atoms with Crippen LogP contribution in [0.2, 0.25) is 0 Å². The Morgan fingerprint density at radius 1 is 1.29 bits per heavy atom. The molecule has 0 aliphatic rings. The molecule has 0 aliphatic carbocycles. The molecule has 0 saturated heterocycles. The van der Waals surface area contributed by atoms with E-state index in [1.165, 1.54) is 12.1 Å². The summed E-state index contributed by atoms with van der Waals surface area (Å²) in [6.07, 6.45) is 0. The van der Waals surface area contributed by atoms with Crippen molar-refractivity contribution in [1.82, 2.24) is 5.32 Å². The van der Waals surface area contributed by atoms with E-state index >= 15 is 0 Å². The molecule has 0 aromatic heterocycles. The number of nitrogens with one attached hydrogen (secondary N) is 1. The van der Waals surface area contributed by atoms with Gasteiger partial charge in [0, 0.05) is 13.2 Å². The topological polar surface area (TPSA) is 84.9 Å². The number of hydrogen-bond donors (Lipinski definition) is 2. The van der Waals surface area contributed by atoms with Crippen LogP contribution < -0.4 is 10.1 Å². The predicted octanol–water partition coefficient (Wildman–Crippen LogP) is 1.53. The number of carboxylic acid groups (broad SMARTS) is 1. The Hall–Kier alpha value is -2.08. The van der Waals surface area contributed by atoms with Gasteiger partial charge in [0.05, 0.1) is 12.2 Å². The van der Waals surface area contributed by atoms with Crippen LogP contribution in [0.3, 0.4) is 0 Å². The number of carboxylic acids is 1. The van der Waals surface area contributed by atoms with Crippen molar-refractivity contribution in [2.45, 2.75) is 26.8 Å². The van der Waals surface area contributed by atoms with Crippen molar-refractivity contribution in [2.24, 2.45) is 0 Å². The summed E-state index contributed by atoms with van der Waals surface area (Å²) < 4.78 is 10.4. The minimum atomic E-state index is -0.987. The number of ether oxygens (including phenoxy) is 2. The van der Waals surface area contributed by atoms with Gasteiger partial charge in [0.1, 0.15) is 5.75 Å². The average Bonchev–Trinajstić information content (AvgIpc) is 2.37. The molecule has 2 N–H and O–H groups in total. The van der Waals surface area contributed by atoms with E-state index < -0.39 is 5.97 Å². The summed E-state index contributed by atoms with van der Waals surface area (Å²) in [4.78, 5) is 22.7. The number of carbonyl (C=O) groups excluding carboxylic acids is 1. The van der Waals surface area contributed by atoms with E-state index in [0.29, 0.717) is 23.5 Å². The van der Waals surface area contributed by atoms with Crippen molar-refractivity contribution in [1.29, 1.82) is 0 Å². The first-order chi connectivity index (χ1) is 9.85. The molecule has 0 radical (unpaired) electrons. The van der Waals surface area contributed by atoms with Gasteiger partial charge in [0.2, 0.25) is 0 Å². The number of aromatic carboxylic acids is 1. The van der Waals surface area contributed by atoms with Crippen molar-refractivity contribution in [3.8, 4) is 5.75 Å². The van der Waals surface area contributed by atoms with E-state index in [1.54, 1.807) is 21.0 Å². The fourth-order valence-electron chi connectivity index (χ4n) is 2.05. The van der Waals surface area contributed by atoms with E-state index in [2.05, 4.69) is 5.32 Å². The maximum Gasteiger partial charge on any atom is 0.335 e. The second kappa shape index (κ2) is 7.64. The number of aryl methyl sites for hydroxylation is 2. The van der Waals surface area contributed by atoms with E-state index in [9.17, 15) is 9.59 Å². The molecule has 1 rings (SSSR count). The van der Waals surface area contributed by atoms with Gasteiger partial charge < -0.3 is 19.9 Å². The number of hydrogen-bond acceptors (Lipinski definition) is 4. The van der Waals surface area contributed by atoms with Crippen molar-refractivity contribution < 1.29 is 24.2 Å². The van der Waals surface area contributed by atoms with Gasteiger partial charge in [0.15, 0.2) is 6.61 Å². The number of methoxy groups -OCH3 is 1. The summed E-state index contributed by atoms with van der Waals surface area (Å²) in [7, 11) is 1.57. The SMILES string of the molecule is COCC(C)NC(=O)COc1c(C)cc(C(=O)O)cc1C. The Kier molecular flexibility index (Phi) is 6.17. The second-order valence-corrected chi connectivity index (χ2v) is 4.96. The molecule has 116 valence electrons. The average molecular weight is 295 g/mol. The molecule has 1 atom stereocenters. The van der Waals surface area contributed by atoms with Gasteiger partial charge >= 0.3 is 5.97 Å². The Morgan fingerprint density at radius 2 is 1.86 bits per heavy atom. The summed E-state index contributed by atoms with van der Waals surface area (Å²) in [6, 6.07) is 2.95. The Labute approximate surface area is 124 Å². The summed E-state index contributed by atoms with van der Waals surface area (Å²) >= 11 is 0. The highest BCUT2D eigenvalue weighted by molar-refractivity contribution is 5.88. The lowest BCUT2D eigenvalue weighted by molar-refractivity contribution is -0.124. The standard InChI is InChI=1S/C15H21NO5/c1-9-5-12(15(18)19)6-10(2)14(9)21-8-13(17)16-11(3)7-20-4/h5-6,11H,7-8H2,1-4H3,(H,16,17)(H,18,19). The molecule has 1 unspecified atom stereocenters. The number of amides is 1. The zero-order valence-electron chi connectivity index (χ0n) is 12.7. The minimum absolute atomic E-state index is 0.0947. The normalized spacial score (nSPS) is 11.8. The molecule has 1 amide bonds. The highest BCUT2D eigenvalue weighted by Gasteiger charge is 2.13. The molecule has 1 aromatic carbocycles. The lowest BCUT2D eigenvalue weighted by atomic mass is 10.1. The van der Waals surface area contributed by atoms with Crippen LogP contribution in [-0.4, -0.2) is 43.3 Å². The van der Waals surface area contributed by atoms with Crippen LogP contribution in [0, 0.1) is 13.8 Å². The first-order valence-electron chi connectivity index (χ1n) is 6.60. The van der Waals surface area contributed by atoms with Crippen molar-refractivity contribution in [3.05, 3.63) is 28.8 Å². The van der Waals surface area contributed by atoms with Gasteiger partial charge in [-0.15, -0.1) is 0 Å². The van der Waals surface area contributed by atoms with E-state index in [0.717, 1.165) is 0 Å². The van der Waals surface area contributed by atoms with Crippen LogP contribution in [-0.2, 0) is 9.53 Å². The van der Waals surface area contributed by atoms with E-state index in [-0.39, 0.29) is 24.1 Å². The number of carbonyl (C=O) groups is 2. The molecular weight excluding hydrogens is 274 g/mol. The van der Waals surface area contributed by atoms with Gasteiger partial charge in [-0.05, 0) is 44.0 Å². The number of benzene rings is 1. The van der Waals surface area contributed by atoms with Crippen molar-refractivity contribution in [2.75, 3.05) is 20.3 Å². The highest BCUT2D eigenvalue weighted by atomic mass is 16.5. The van der Waals surface area contributed by atoms with Gasteiger partial charge in [0.25, 0.3) is 5.91 Å². The van der Waals surface area contributed by atoms with Gasteiger partial charge in [-0.1, -0.05) is 0 Å². The molecule has 1 aromatic rings. The van der Waals surface area contributed by atoms with Crippen LogP contribution in [0.1, 0.15) is 28.4 Å². The molecule has 0 spiro atoms. The number of rotatable bonds is 7. The third kappa shape index (κ3) is 5.07. The molecule has 6 heteroatoms. The smallest absolute Gasteiger partial charge is 0.335 e. The van der Waals surface area contributed by atoms with Crippen molar-refractivity contribution in [3.63, 3.8) is 0 Å². The van der Waals surface area contributed by atoms with Crippen LogP contribution in [0.4, 0.5) is 0 Å². The lowest BCUT2D eigenvalue weighted by Gasteiger charge is -2.15. The molecule has 0 heterocycles. The minimum Gasteiger partial charge on any atom is -0.483 e. The molecule has 0 saturated carbocycles. The summed E-state index contributed by atoms with van der Waals surface area (Å²) in [5.74, 6) is -0.700. The predicted molar refractivity (Wildman–Crippen MR) is 77.9 cm³/mol. The Balaban J connectivity index is 2.67. The largest absolute Gasteiger partial charge is 0.483 e. The molecular formula is C15H21NO5. The zero-order chi connectivity index (χ0) is 16.0. The van der Waals surface area contributed by atoms with Gasteiger partial charge in [-0.3, -0.25) is 4.79 Å². The molecule has 0 aliphatic heterocycles. The lowest BCUT2D eigenvalue weighted by Crippen LogP contribution is -2.38. The van der Waals surface area contributed by atoms with Crippen LogP contribution in [0.5, 0.6) is 5.75 Å². The highest BCUT2D eigenvalue weighted by Crippen LogP contribution is 2.24. The monoisotopic (exact) mass is 295 g/mol. The van der Waals surface area contributed by atoms with Gasteiger partial charge in [-0.2, -0.15) is 0 Å². The summed E-state index contributed by atoms with van der Waals surface area (Å²) in [5, 5.41) is 11.7. The fraction of sp³-hybridized carbons (Fsp3) is 0.467. The zero-order valence-corrected chi connectivity index (χ0v) is 12.7. The molecule has 0 fully saturated rings. The third-order valence-corrected chi connectivity index (χ3v) is 2.88. The fourth-order valence-corrected chi connectivity index (χ4v) is 2.05. The Morgan fingerprint density at radius 3 is 2.33 bits per heavy atom. The van der Waals surface area contributed by atoms with Gasteiger partial charge in [-0.25, -0.2) is 4.79 Å². The summed E-state index contributed by atoms with van der Waals surface area (Å²) in [6.45, 7) is 5.64. The Bertz CT molecular complexity index is 504. The van der Waals surface area contributed by atoms with E-state index in [4.69, 9.17) is 14.6 Å². The quantitative estimate of drug-likeness (QED) is 0.797. The molecule has 0 bridgehead atoms. The second-order valence-electron chi connectivity index (χ2n) is 4.96. The first-order valence-corrected chi connectivity index (χ1v) is 6.60. The van der Waals surface area contributed by atoms with Crippen LogP contribution in [0.15, 0.2) is 12.1 Å². The van der Waals surface area contributed by atoms with Crippen LogP contribution in [0.25, 0.3) is 0 Å². The van der Waals surface area contributed by atoms with Crippen molar-refractivity contribution >= 4 is 11.9 Å². The summed E-state index contributed by atoms with van der Waals surface area (Å²) in [5.41, 5.74) is 1.57. The maximum atomic E-state index is 11.7. The first kappa shape index (κ1) is 17.0. The van der Waals surface area contributed by atoms with E-state index in [1.807, 2.05) is 6.92 Å². The maximum absolute atomic E-state index is 11.7. The molecule has 6 nitrogen and oxygen atoms in total. The molecule has 21 heavy (non-hydrogen) atoms. The third-order valence-electron chi connectivity index (χ3n) is 2.88.